The lowest BCUT2D eigenvalue weighted by Crippen LogP contribution is -2.53. The number of nitrogens with one attached hydrogen (secondary N) is 1. The lowest BCUT2D eigenvalue weighted by molar-refractivity contribution is -0.151. The Labute approximate surface area is 132 Å². The van der Waals surface area contributed by atoms with Gasteiger partial charge in [0.1, 0.15) is 6.04 Å². The molecular weight excluding hydrogens is 305 g/mol. The number of hydrogen-bond donors (Lipinski definition) is 3. The highest BCUT2D eigenvalue weighted by molar-refractivity contribution is 7.39. The number of ether oxygens (including phenoxy) is 1. The fraction of sp³-hybridized carbons (Fsp3) is 0.533. The third-order valence-corrected chi connectivity index (χ3v) is 4.21. The van der Waals surface area contributed by atoms with Crippen molar-refractivity contribution >= 4 is 14.6 Å². The largest absolute Gasteiger partial charge is 0.465 e. The van der Waals surface area contributed by atoms with Gasteiger partial charge in [0.2, 0.25) is 0 Å². The predicted octanol–water partition coefficient (Wildman–Crippen LogP) is 2.41. The molecule has 0 aliphatic carbocycles. The first kappa shape index (κ1) is 19.0. The molecule has 6 nitrogen and oxygen atoms in total. The summed E-state index contributed by atoms with van der Waals surface area (Å²) in [4.78, 5) is 30.3. The molecule has 1 rings (SSSR count). The summed E-state index contributed by atoms with van der Waals surface area (Å²) >= 11 is 0. The van der Waals surface area contributed by atoms with Crippen molar-refractivity contribution < 1.29 is 23.9 Å². The number of carbonyl (C=O) groups is 1. The molecule has 0 aliphatic heterocycles. The standard InChI is InChI=1S/C15H24NO5P/c1-4-15(5-2,12-10-8-7-9-11-12)13(14(17)20-6-3)16-21-22(18)19/h7-11,13,16,18-19H,4-6H2,1-3H3. The molecule has 0 saturated heterocycles. The molecule has 1 unspecified atom stereocenters. The molecule has 0 aliphatic rings. The van der Waals surface area contributed by atoms with Gasteiger partial charge in [0.05, 0.1) is 6.61 Å². The maximum Gasteiger partial charge on any atom is 0.345 e. The fourth-order valence-electron chi connectivity index (χ4n) is 2.72. The summed E-state index contributed by atoms with van der Waals surface area (Å²) in [6.07, 6.45) is 1.31. The lowest BCUT2D eigenvalue weighted by Gasteiger charge is -2.38. The van der Waals surface area contributed by atoms with Crippen LogP contribution in [0.3, 0.4) is 0 Å². The van der Waals surface area contributed by atoms with E-state index in [4.69, 9.17) is 19.1 Å². The van der Waals surface area contributed by atoms with Crippen molar-refractivity contribution in [2.24, 2.45) is 0 Å². The predicted molar refractivity (Wildman–Crippen MR) is 84.7 cm³/mol. The highest BCUT2D eigenvalue weighted by Crippen LogP contribution is 2.37. The van der Waals surface area contributed by atoms with Gasteiger partial charge in [-0.15, -0.1) is 0 Å². The minimum absolute atomic E-state index is 0.238. The monoisotopic (exact) mass is 329 g/mol. The van der Waals surface area contributed by atoms with Gasteiger partial charge in [0.25, 0.3) is 0 Å². The molecule has 3 N–H and O–H groups in total. The van der Waals surface area contributed by atoms with Gasteiger partial charge in [-0.25, -0.2) is 4.62 Å². The Morgan fingerprint density at radius 1 is 1.23 bits per heavy atom. The first-order valence-corrected chi connectivity index (χ1v) is 8.50. The smallest absolute Gasteiger partial charge is 0.345 e. The van der Waals surface area contributed by atoms with Crippen LogP contribution in [-0.2, 0) is 19.6 Å². The molecule has 1 atom stereocenters. The molecule has 0 fully saturated rings. The zero-order chi connectivity index (χ0) is 16.6. The number of benzene rings is 1. The highest BCUT2D eigenvalue weighted by Gasteiger charge is 2.43. The van der Waals surface area contributed by atoms with Gasteiger partial charge >= 0.3 is 14.6 Å². The van der Waals surface area contributed by atoms with E-state index in [-0.39, 0.29) is 6.61 Å². The fourth-order valence-corrected chi connectivity index (χ4v) is 2.91. The summed E-state index contributed by atoms with van der Waals surface area (Å²) < 4.78 is 9.86. The van der Waals surface area contributed by atoms with Crippen LogP contribution in [0.2, 0.25) is 0 Å². The Bertz CT molecular complexity index is 451. The summed E-state index contributed by atoms with van der Waals surface area (Å²) in [6.45, 7) is 5.92. The second-order valence-corrected chi connectivity index (χ2v) is 5.56. The summed E-state index contributed by atoms with van der Waals surface area (Å²) in [7, 11) is -2.61. The second kappa shape index (κ2) is 9.18. The summed E-state index contributed by atoms with van der Waals surface area (Å²) in [5.74, 6) is -0.480. The molecule has 0 radical (unpaired) electrons. The average molecular weight is 329 g/mol. The van der Waals surface area contributed by atoms with Crippen LogP contribution in [0.5, 0.6) is 0 Å². The van der Waals surface area contributed by atoms with Crippen LogP contribution in [-0.4, -0.2) is 28.4 Å². The van der Waals surface area contributed by atoms with Gasteiger partial charge in [-0.2, -0.15) is 5.48 Å². The Balaban J connectivity index is 3.21. The molecular formula is C15H24NO5P. The van der Waals surface area contributed by atoms with Gasteiger partial charge < -0.3 is 14.5 Å². The molecule has 0 spiro atoms. The maximum absolute atomic E-state index is 12.4. The summed E-state index contributed by atoms with van der Waals surface area (Å²) in [5.41, 5.74) is 2.90. The number of rotatable bonds is 9. The van der Waals surface area contributed by atoms with Crippen LogP contribution in [0.15, 0.2) is 30.3 Å². The van der Waals surface area contributed by atoms with Crippen molar-refractivity contribution in [2.45, 2.75) is 45.1 Å². The third-order valence-electron chi connectivity index (χ3n) is 3.94. The van der Waals surface area contributed by atoms with Crippen LogP contribution < -0.4 is 5.48 Å². The third kappa shape index (κ3) is 4.48. The van der Waals surface area contributed by atoms with Crippen LogP contribution in [0.4, 0.5) is 0 Å². The Hall–Kier alpha value is -1.04. The molecule has 0 aromatic heterocycles. The quantitative estimate of drug-likeness (QED) is 0.366. The number of carbonyl (C=O) groups excluding carboxylic acids is 1. The second-order valence-electron chi connectivity index (χ2n) is 4.88. The molecule has 0 heterocycles. The molecule has 0 bridgehead atoms. The van der Waals surface area contributed by atoms with Gasteiger partial charge in [-0.1, -0.05) is 44.2 Å². The van der Waals surface area contributed by atoms with Crippen LogP contribution in [0, 0.1) is 0 Å². The van der Waals surface area contributed by atoms with Crippen molar-refractivity contribution in [2.75, 3.05) is 6.61 Å². The zero-order valence-electron chi connectivity index (χ0n) is 13.2. The van der Waals surface area contributed by atoms with E-state index in [1.54, 1.807) is 6.92 Å². The minimum atomic E-state index is -2.61. The molecule has 0 amide bonds. The Morgan fingerprint density at radius 2 is 1.82 bits per heavy atom. The van der Waals surface area contributed by atoms with Gasteiger partial charge in [0.15, 0.2) is 0 Å². The Morgan fingerprint density at radius 3 is 2.27 bits per heavy atom. The van der Waals surface area contributed by atoms with E-state index in [0.717, 1.165) is 5.56 Å². The molecule has 7 heteroatoms. The van der Waals surface area contributed by atoms with E-state index in [1.165, 1.54) is 0 Å². The van der Waals surface area contributed by atoms with E-state index in [9.17, 15) is 4.79 Å². The SMILES string of the molecule is CCOC(=O)C(NOP(O)O)C(CC)(CC)c1ccccc1. The molecule has 0 saturated carbocycles. The van der Waals surface area contributed by atoms with Crippen molar-refractivity contribution in [3.05, 3.63) is 35.9 Å². The van der Waals surface area contributed by atoms with Crippen molar-refractivity contribution in [3.63, 3.8) is 0 Å². The first-order valence-electron chi connectivity index (χ1n) is 7.34. The topological polar surface area (TPSA) is 88.0 Å². The Kier molecular flexibility index (Phi) is 7.93. The van der Waals surface area contributed by atoms with Crippen LogP contribution >= 0.6 is 8.60 Å². The molecule has 22 heavy (non-hydrogen) atoms. The molecule has 124 valence electrons. The molecule has 1 aromatic carbocycles. The first-order chi connectivity index (χ1) is 10.5. The maximum atomic E-state index is 12.4. The van der Waals surface area contributed by atoms with E-state index in [2.05, 4.69) is 5.48 Å². The average Bonchev–Trinajstić information content (AvgIpc) is 2.52. The van der Waals surface area contributed by atoms with Gasteiger partial charge in [-0.3, -0.25) is 4.79 Å². The van der Waals surface area contributed by atoms with Crippen LogP contribution in [0.1, 0.15) is 39.2 Å². The van der Waals surface area contributed by atoms with E-state index < -0.39 is 26.0 Å². The van der Waals surface area contributed by atoms with Crippen LogP contribution in [0.25, 0.3) is 0 Å². The number of hydroxylamine groups is 1. The van der Waals surface area contributed by atoms with E-state index in [0.29, 0.717) is 12.8 Å². The highest BCUT2D eigenvalue weighted by atomic mass is 31.2. The number of esters is 1. The van der Waals surface area contributed by atoms with Crippen molar-refractivity contribution in [1.82, 2.24) is 5.48 Å². The summed E-state index contributed by atoms with van der Waals surface area (Å²) in [6, 6.07) is 8.77. The van der Waals surface area contributed by atoms with E-state index >= 15 is 0 Å². The van der Waals surface area contributed by atoms with E-state index in [1.807, 2.05) is 44.2 Å². The number of hydrogen-bond acceptors (Lipinski definition) is 6. The van der Waals surface area contributed by atoms with Gasteiger partial charge in [0, 0.05) is 5.41 Å². The lowest BCUT2D eigenvalue weighted by atomic mass is 9.70. The normalized spacial score (nSPS) is 13.2. The summed E-state index contributed by atoms with van der Waals surface area (Å²) in [5, 5.41) is 0. The zero-order valence-corrected chi connectivity index (χ0v) is 14.0. The van der Waals surface area contributed by atoms with Crippen molar-refractivity contribution in [3.8, 4) is 0 Å². The van der Waals surface area contributed by atoms with Gasteiger partial charge in [-0.05, 0) is 25.3 Å². The minimum Gasteiger partial charge on any atom is -0.465 e. The van der Waals surface area contributed by atoms with Crippen molar-refractivity contribution in [1.29, 1.82) is 0 Å². The molecule has 1 aromatic rings.